The monoisotopic (exact) mass is 412 g/mol. The molecule has 0 saturated carbocycles. The normalized spacial score (nSPS) is 10.2. The van der Waals surface area contributed by atoms with E-state index in [2.05, 4.69) is 26.1 Å². The minimum Gasteiger partial charge on any atom is -0.494 e. The summed E-state index contributed by atoms with van der Waals surface area (Å²) >= 11 is 0. The van der Waals surface area contributed by atoms with Crippen molar-refractivity contribution in [3.05, 3.63) is 76.4 Å². The van der Waals surface area contributed by atoms with Crippen molar-refractivity contribution >= 4 is 28.9 Å². The molecule has 1 amide bonds. The molecule has 0 saturated heterocycles. The summed E-state index contributed by atoms with van der Waals surface area (Å²) in [6.07, 6.45) is 1.11. The van der Waals surface area contributed by atoms with E-state index in [0.29, 0.717) is 18.0 Å². The molecule has 0 atom stereocenters. The molecule has 0 aliphatic rings. The molecule has 2 aromatic carbocycles. The lowest BCUT2D eigenvalue weighted by Crippen LogP contribution is -2.30. The quantitative estimate of drug-likeness (QED) is 0.379. The molecule has 0 aliphatic carbocycles. The number of ether oxygens (including phenoxy) is 1. The van der Waals surface area contributed by atoms with Crippen LogP contribution in [0.3, 0.4) is 0 Å². The van der Waals surface area contributed by atoms with E-state index in [4.69, 9.17) is 4.74 Å². The number of benzene rings is 2. The van der Waals surface area contributed by atoms with Crippen molar-refractivity contribution in [3.63, 3.8) is 0 Å². The van der Waals surface area contributed by atoms with Gasteiger partial charge in [-0.05, 0) is 55.5 Å². The van der Waals surface area contributed by atoms with Crippen LogP contribution in [0.4, 0.5) is 27.4 Å². The first-order valence-corrected chi connectivity index (χ1v) is 8.79. The minimum absolute atomic E-state index is 0.0716. The van der Waals surface area contributed by atoms with Crippen LogP contribution in [-0.2, 0) is 0 Å². The zero-order chi connectivity index (χ0) is 21.5. The molecule has 3 aromatic rings. The van der Waals surface area contributed by atoms with Gasteiger partial charge in [-0.1, -0.05) is 0 Å². The van der Waals surface area contributed by atoms with E-state index in [-0.39, 0.29) is 17.2 Å². The zero-order valence-corrected chi connectivity index (χ0v) is 15.8. The molecule has 3 rings (SSSR count). The van der Waals surface area contributed by atoms with Crippen LogP contribution in [0.5, 0.6) is 5.75 Å². The molecule has 30 heavy (non-hydrogen) atoms. The first kappa shape index (κ1) is 20.5. The van der Waals surface area contributed by atoms with Crippen LogP contribution in [-0.4, -0.2) is 27.4 Å². The third kappa shape index (κ3) is 4.95. The Balaban J connectivity index is 1.77. The Kier molecular flexibility index (Phi) is 6.33. The second kappa shape index (κ2) is 9.28. The van der Waals surface area contributed by atoms with Gasteiger partial charge in [-0.2, -0.15) is 0 Å². The van der Waals surface area contributed by atoms with Crippen LogP contribution in [0.15, 0.2) is 54.9 Å². The fourth-order valence-corrected chi connectivity index (χ4v) is 2.46. The maximum Gasteiger partial charge on any atom is 0.355 e. The highest BCUT2D eigenvalue weighted by molar-refractivity contribution is 5.95. The van der Waals surface area contributed by atoms with Crippen molar-refractivity contribution < 1.29 is 18.8 Å². The van der Waals surface area contributed by atoms with Gasteiger partial charge in [0.15, 0.2) is 0 Å². The van der Waals surface area contributed by atoms with Crippen LogP contribution in [0.2, 0.25) is 0 Å². The summed E-state index contributed by atoms with van der Waals surface area (Å²) in [5.74, 6) is -0.748. The van der Waals surface area contributed by atoms with Crippen molar-refractivity contribution in [2.24, 2.45) is 0 Å². The summed E-state index contributed by atoms with van der Waals surface area (Å²) in [5, 5.41) is 14.4. The van der Waals surface area contributed by atoms with Gasteiger partial charge in [0.25, 0.3) is 5.91 Å². The Hall–Kier alpha value is -4.28. The Labute approximate surface area is 170 Å². The Bertz CT molecular complexity index is 1040. The molecule has 3 N–H and O–H groups in total. The Morgan fingerprint density at radius 3 is 2.40 bits per heavy atom. The standard InChI is InChI=1S/C19H17FN6O4/c1-2-30-15-9-7-14(8-10-15)23-17-16(26(28)29)18(22-11-21-17)24-25-19(27)12-3-5-13(20)6-4-12/h3-11H,2H2,1H3,(H,25,27)(H2,21,22,23,24). The number of carbonyl (C=O) groups excluding carboxylic acids is 1. The van der Waals surface area contributed by atoms with E-state index in [9.17, 15) is 19.3 Å². The molecule has 154 valence electrons. The molecule has 1 aromatic heterocycles. The largest absolute Gasteiger partial charge is 0.494 e. The maximum absolute atomic E-state index is 13.0. The number of amides is 1. The Morgan fingerprint density at radius 2 is 1.77 bits per heavy atom. The molecule has 1 heterocycles. The van der Waals surface area contributed by atoms with Gasteiger partial charge in [-0.3, -0.25) is 25.8 Å². The van der Waals surface area contributed by atoms with Crippen molar-refractivity contribution in [2.75, 3.05) is 17.3 Å². The minimum atomic E-state index is -0.677. The number of hydrogen-bond acceptors (Lipinski definition) is 8. The number of hydrogen-bond donors (Lipinski definition) is 3. The summed E-state index contributed by atoms with van der Waals surface area (Å²) in [4.78, 5) is 30.8. The first-order valence-electron chi connectivity index (χ1n) is 8.79. The summed E-state index contributed by atoms with van der Waals surface area (Å²) in [7, 11) is 0. The summed E-state index contributed by atoms with van der Waals surface area (Å²) < 4.78 is 18.3. The van der Waals surface area contributed by atoms with E-state index < -0.39 is 22.3 Å². The summed E-state index contributed by atoms with van der Waals surface area (Å²) in [6, 6.07) is 11.6. The number of nitro groups is 1. The van der Waals surface area contributed by atoms with E-state index in [1.165, 1.54) is 12.1 Å². The van der Waals surface area contributed by atoms with Gasteiger partial charge in [0.1, 0.15) is 17.9 Å². The van der Waals surface area contributed by atoms with E-state index in [1.807, 2.05) is 6.92 Å². The van der Waals surface area contributed by atoms with E-state index in [1.54, 1.807) is 24.3 Å². The van der Waals surface area contributed by atoms with Gasteiger partial charge in [0.2, 0.25) is 11.6 Å². The number of carbonyl (C=O) groups is 1. The van der Waals surface area contributed by atoms with Crippen molar-refractivity contribution in [1.29, 1.82) is 0 Å². The fourth-order valence-electron chi connectivity index (χ4n) is 2.46. The Morgan fingerprint density at radius 1 is 1.10 bits per heavy atom. The summed E-state index contributed by atoms with van der Waals surface area (Å²) in [5.41, 5.74) is 4.94. The van der Waals surface area contributed by atoms with Crippen molar-refractivity contribution in [1.82, 2.24) is 15.4 Å². The highest BCUT2D eigenvalue weighted by atomic mass is 19.1. The number of aromatic nitrogens is 2. The lowest BCUT2D eigenvalue weighted by molar-refractivity contribution is -0.383. The predicted molar refractivity (Wildman–Crippen MR) is 107 cm³/mol. The highest BCUT2D eigenvalue weighted by Crippen LogP contribution is 2.31. The molecule has 0 spiro atoms. The second-order valence-electron chi connectivity index (χ2n) is 5.85. The molecule has 10 nitrogen and oxygen atoms in total. The first-order chi connectivity index (χ1) is 14.5. The maximum atomic E-state index is 13.0. The molecular formula is C19H17FN6O4. The van der Waals surface area contributed by atoms with Gasteiger partial charge in [0, 0.05) is 11.3 Å². The molecule has 0 bridgehead atoms. The van der Waals surface area contributed by atoms with Crippen LogP contribution in [0.25, 0.3) is 0 Å². The molecular weight excluding hydrogens is 395 g/mol. The number of halogens is 1. The van der Waals surface area contributed by atoms with Gasteiger partial charge in [-0.15, -0.1) is 0 Å². The van der Waals surface area contributed by atoms with Crippen LogP contribution in [0.1, 0.15) is 17.3 Å². The molecule has 0 fully saturated rings. The van der Waals surface area contributed by atoms with Crippen LogP contribution in [0, 0.1) is 15.9 Å². The molecule has 0 aliphatic heterocycles. The number of hydrazine groups is 1. The average molecular weight is 412 g/mol. The fraction of sp³-hybridized carbons (Fsp3) is 0.105. The average Bonchev–Trinajstić information content (AvgIpc) is 2.74. The van der Waals surface area contributed by atoms with Gasteiger partial charge in [0.05, 0.1) is 11.5 Å². The number of anilines is 3. The van der Waals surface area contributed by atoms with Gasteiger partial charge in [-0.25, -0.2) is 14.4 Å². The SMILES string of the molecule is CCOc1ccc(Nc2ncnc(NNC(=O)c3ccc(F)cc3)c2[N+](=O)[O-])cc1. The third-order valence-electron chi connectivity index (χ3n) is 3.83. The number of rotatable bonds is 8. The van der Waals surface area contributed by atoms with Crippen molar-refractivity contribution in [2.45, 2.75) is 6.92 Å². The molecule has 0 radical (unpaired) electrons. The van der Waals surface area contributed by atoms with Gasteiger partial charge < -0.3 is 10.1 Å². The molecule has 11 heteroatoms. The number of nitrogens with zero attached hydrogens (tertiary/aromatic N) is 3. The highest BCUT2D eigenvalue weighted by Gasteiger charge is 2.23. The summed E-state index contributed by atoms with van der Waals surface area (Å²) in [6.45, 7) is 2.38. The zero-order valence-electron chi connectivity index (χ0n) is 15.8. The topological polar surface area (TPSA) is 131 Å². The van der Waals surface area contributed by atoms with Gasteiger partial charge >= 0.3 is 5.69 Å². The van der Waals surface area contributed by atoms with E-state index >= 15 is 0 Å². The van der Waals surface area contributed by atoms with Crippen LogP contribution >= 0.6 is 0 Å². The predicted octanol–water partition coefficient (Wildman–Crippen LogP) is 3.42. The third-order valence-corrected chi connectivity index (χ3v) is 3.83. The molecule has 0 unspecified atom stereocenters. The van der Waals surface area contributed by atoms with Crippen molar-refractivity contribution in [3.8, 4) is 5.75 Å². The number of nitrogens with one attached hydrogen (secondary N) is 3. The smallest absolute Gasteiger partial charge is 0.355 e. The second-order valence-corrected chi connectivity index (χ2v) is 5.85. The van der Waals surface area contributed by atoms with E-state index in [0.717, 1.165) is 18.5 Å². The van der Waals surface area contributed by atoms with Crippen LogP contribution < -0.4 is 20.9 Å². The lowest BCUT2D eigenvalue weighted by atomic mass is 10.2. The lowest BCUT2D eigenvalue weighted by Gasteiger charge is -2.11.